The van der Waals surface area contributed by atoms with Crippen LogP contribution in [0.15, 0.2) is 28.9 Å². The smallest absolute Gasteiger partial charge is 0.348 e. The SMILES string of the molecule is C[C@@H]1CCc2sc(C(=O)OCC(=O)NCc3ccco3)cc2C1. The molecule has 1 aliphatic rings. The molecule has 0 saturated carbocycles. The third-order valence-electron chi connectivity index (χ3n) is 3.90. The van der Waals surface area contributed by atoms with Gasteiger partial charge in [-0.2, -0.15) is 0 Å². The maximum absolute atomic E-state index is 12.1. The predicted molar refractivity (Wildman–Crippen MR) is 86.3 cm³/mol. The molecule has 0 bridgehead atoms. The lowest BCUT2D eigenvalue weighted by Gasteiger charge is -2.16. The van der Waals surface area contributed by atoms with Crippen molar-refractivity contribution in [1.82, 2.24) is 5.32 Å². The highest BCUT2D eigenvalue weighted by Gasteiger charge is 2.21. The number of rotatable bonds is 5. The van der Waals surface area contributed by atoms with Crippen molar-refractivity contribution < 1.29 is 18.7 Å². The van der Waals surface area contributed by atoms with Crippen molar-refractivity contribution in [3.63, 3.8) is 0 Å². The van der Waals surface area contributed by atoms with Gasteiger partial charge in [0.25, 0.3) is 5.91 Å². The van der Waals surface area contributed by atoms with E-state index in [1.54, 1.807) is 18.4 Å². The monoisotopic (exact) mass is 333 g/mol. The first-order valence-electron chi connectivity index (χ1n) is 7.69. The third kappa shape index (κ3) is 4.01. The van der Waals surface area contributed by atoms with E-state index < -0.39 is 5.97 Å². The average Bonchev–Trinajstić information content (AvgIpc) is 3.19. The Bertz CT molecular complexity index is 690. The Balaban J connectivity index is 1.48. The molecule has 0 aliphatic heterocycles. The number of ether oxygens (including phenoxy) is 1. The molecule has 23 heavy (non-hydrogen) atoms. The molecule has 6 heteroatoms. The molecule has 0 aromatic carbocycles. The lowest BCUT2D eigenvalue weighted by atomic mass is 9.90. The quantitative estimate of drug-likeness (QED) is 0.854. The van der Waals surface area contributed by atoms with Crippen molar-refractivity contribution in [2.24, 2.45) is 5.92 Å². The number of amides is 1. The zero-order valence-corrected chi connectivity index (χ0v) is 13.8. The number of hydrogen-bond donors (Lipinski definition) is 1. The zero-order valence-electron chi connectivity index (χ0n) is 13.0. The third-order valence-corrected chi connectivity index (χ3v) is 5.12. The van der Waals surface area contributed by atoms with Crippen LogP contribution >= 0.6 is 11.3 Å². The van der Waals surface area contributed by atoms with Gasteiger partial charge in [-0.1, -0.05) is 6.92 Å². The van der Waals surface area contributed by atoms with Crippen LogP contribution in [0.5, 0.6) is 0 Å². The number of fused-ring (bicyclic) bond motifs is 1. The number of nitrogens with one attached hydrogen (secondary N) is 1. The van der Waals surface area contributed by atoms with Gasteiger partial charge in [0.15, 0.2) is 6.61 Å². The van der Waals surface area contributed by atoms with Crippen molar-refractivity contribution in [2.75, 3.05) is 6.61 Å². The van der Waals surface area contributed by atoms with Gasteiger partial charge in [0.05, 0.1) is 12.8 Å². The van der Waals surface area contributed by atoms with Gasteiger partial charge in [0.2, 0.25) is 0 Å². The number of aryl methyl sites for hydroxylation is 1. The molecular formula is C17H19NO4S. The van der Waals surface area contributed by atoms with Crippen LogP contribution in [0.3, 0.4) is 0 Å². The Morgan fingerprint density at radius 3 is 3.13 bits per heavy atom. The van der Waals surface area contributed by atoms with E-state index in [0.717, 1.165) is 19.3 Å². The number of hydrogen-bond acceptors (Lipinski definition) is 5. The second-order valence-electron chi connectivity index (χ2n) is 5.84. The van der Waals surface area contributed by atoms with Crippen molar-refractivity contribution in [3.05, 3.63) is 45.5 Å². The summed E-state index contributed by atoms with van der Waals surface area (Å²) in [6, 6.07) is 5.43. The molecular weight excluding hydrogens is 314 g/mol. The van der Waals surface area contributed by atoms with Gasteiger partial charge in [0, 0.05) is 4.88 Å². The highest BCUT2D eigenvalue weighted by atomic mass is 32.1. The van der Waals surface area contributed by atoms with Crippen LogP contribution < -0.4 is 5.32 Å². The van der Waals surface area contributed by atoms with E-state index in [1.165, 1.54) is 21.8 Å². The van der Waals surface area contributed by atoms with Gasteiger partial charge in [-0.3, -0.25) is 4.79 Å². The molecule has 0 unspecified atom stereocenters. The first kappa shape index (κ1) is 15.8. The number of thiophene rings is 1. The van der Waals surface area contributed by atoms with Gasteiger partial charge >= 0.3 is 5.97 Å². The lowest BCUT2D eigenvalue weighted by Crippen LogP contribution is -2.28. The lowest BCUT2D eigenvalue weighted by molar-refractivity contribution is -0.124. The molecule has 1 amide bonds. The maximum atomic E-state index is 12.1. The van der Waals surface area contributed by atoms with Gasteiger partial charge in [-0.05, 0) is 48.9 Å². The summed E-state index contributed by atoms with van der Waals surface area (Å²) < 4.78 is 10.2. The number of carbonyl (C=O) groups is 2. The van der Waals surface area contributed by atoms with E-state index in [1.807, 2.05) is 6.07 Å². The summed E-state index contributed by atoms with van der Waals surface area (Å²) in [7, 11) is 0. The van der Waals surface area contributed by atoms with Crippen LogP contribution in [0, 0.1) is 5.92 Å². The second kappa shape index (κ2) is 7.00. The zero-order chi connectivity index (χ0) is 16.2. The van der Waals surface area contributed by atoms with E-state index in [9.17, 15) is 9.59 Å². The Hall–Kier alpha value is -2.08. The molecule has 2 heterocycles. The molecule has 1 atom stereocenters. The molecule has 1 aliphatic carbocycles. The number of furan rings is 1. The first-order valence-corrected chi connectivity index (χ1v) is 8.51. The second-order valence-corrected chi connectivity index (χ2v) is 6.98. The summed E-state index contributed by atoms with van der Waals surface area (Å²) in [5, 5.41) is 2.64. The molecule has 3 rings (SSSR count). The Morgan fingerprint density at radius 2 is 2.35 bits per heavy atom. The summed E-state index contributed by atoms with van der Waals surface area (Å²) in [5.41, 5.74) is 1.25. The normalized spacial score (nSPS) is 16.7. The Kier molecular flexibility index (Phi) is 4.81. The van der Waals surface area contributed by atoms with Crippen LogP contribution in [0.4, 0.5) is 0 Å². The van der Waals surface area contributed by atoms with Crippen molar-refractivity contribution >= 4 is 23.2 Å². The van der Waals surface area contributed by atoms with E-state index in [-0.39, 0.29) is 19.1 Å². The van der Waals surface area contributed by atoms with E-state index in [0.29, 0.717) is 16.6 Å². The standard InChI is InChI=1S/C17H19NO4S/c1-11-4-5-14-12(7-11)8-15(23-14)17(20)22-10-16(19)18-9-13-3-2-6-21-13/h2-3,6,8,11H,4-5,7,9-10H2,1H3,(H,18,19)/t11-/m1/s1. The summed E-state index contributed by atoms with van der Waals surface area (Å²) in [6.07, 6.45) is 4.75. The van der Waals surface area contributed by atoms with Gasteiger partial charge in [0.1, 0.15) is 10.6 Å². The topological polar surface area (TPSA) is 68.5 Å². The van der Waals surface area contributed by atoms with E-state index >= 15 is 0 Å². The van der Waals surface area contributed by atoms with Gasteiger partial charge in [-0.25, -0.2) is 4.79 Å². The summed E-state index contributed by atoms with van der Waals surface area (Å²) in [4.78, 5) is 25.6. The Morgan fingerprint density at radius 1 is 1.48 bits per heavy atom. The fourth-order valence-electron chi connectivity index (χ4n) is 2.66. The highest BCUT2D eigenvalue weighted by molar-refractivity contribution is 7.14. The molecule has 0 radical (unpaired) electrons. The van der Waals surface area contributed by atoms with Crippen molar-refractivity contribution in [1.29, 1.82) is 0 Å². The molecule has 1 N–H and O–H groups in total. The van der Waals surface area contributed by atoms with Crippen molar-refractivity contribution in [2.45, 2.75) is 32.7 Å². The Labute approximate surface area is 138 Å². The van der Waals surface area contributed by atoms with E-state index in [4.69, 9.17) is 9.15 Å². The molecule has 0 spiro atoms. The molecule has 0 fully saturated rings. The first-order chi connectivity index (χ1) is 11.1. The fourth-order valence-corrected chi connectivity index (χ4v) is 3.76. The average molecular weight is 333 g/mol. The maximum Gasteiger partial charge on any atom is 0.348 e. The summed E-state index contributed by atoms with van der Waals surface area (Å²) in [6.45, 7) is 2.23. The van der Waals surface area contributed by atoms with Crippen molar-refractivity contribution in [3.8, 4) is 0 Å². The van der Waals surface area contributed by atoms with Gasteiger partial charge < -0.3 is 14.5 Å². The number of carbonyl (C=O) groups excluding carboxylic acids is 2. The van der Waals surface area contributed by atoms with Crippen LogP contribution in [0.2, 0.25) is 0 Å². The summed E-state index contributed by atoms with van der Waals surface area (Å²) >= 11 is 1.49. The molecule has 0 saturated heterocycles. The van der Waals surface area contributed by atoms with Crippen LogP contribution in [-0.4, -0.2) is 18.5 Å². The number of esters is 1. The minimum absolute atomic E-state index is 0.279. The highest BCUT2D eigenvalue weighted by Crippen LogP contribution is 2.32. The molecule has 2 aromatic heterocycles. The van der Waals surface area contributed by atoms with Crippen LogP contribution in [0.1, 0.15) is 39.2 Å². The predicted octanol–water partition coefficient (Wildman–Crippen LogP) is 2.94. The summed E-state index contributed by atoms with van der Waals surface area (Å²) in [5.74, 6) is 0.549. The van der Waals surface area contributed by atoms with Crippen LogP contribution in [-0.2, 0) is 28.9 Å². The molecule has 122 valence electrons. The van der Waals surface area contributed by atoms with Gasteiger partial charge in [-0.15, -0.1) is 11.3 Å². The molecule has 5 nitrogen and oxygen atoms in total. The minimum atomic E-state index is -0.426. The van der Waals surface area contributed by atoms with Crippen LogP contribution in [0.25, 0.3) is 0 Å². The van der Waals surface area contributed by atoms with E-state index in [2.05, 4.69) is 12.2 Å². The largest absolute Gasteiger partial charge is 0.467 e. The fraction of sp³-hybridized carbons (Fsp3) is 0.412. The minimum Gasteiger partial charge on any atom is -0.467 e. The molecule has 2 aromatic rings.